The highest BCUT2D eigenvalue weighted by Gasteiger charge is 2.13. The first-order chi connectivity index (χ1) is 8.09. The maximum Gasteiger partial charge on any atom is 0.338 e. The Bertz CT molecular complexity index is 584. The quantitative estimate of drug-likeness (QED) is 0.870. The molecule has 1 aromatic heterocycles. The number of hydrogen-bond acceptors (Lipinski definition) is 2. The van der Waals surface area contributed by atoms with Gasteiger partial charge >= 0.3 is 5.97 Å². The standard InChI is InChI=1S/C12H7F2NO2/c13-10-2-1-7(5-9(10)12(16)17)8-3-4-15-6-11(8)14/h1-6H,(H,16,17). The van der Waals surface area contributed by atoms with Gasteiger partial charge in [-0.2, -0.15) is 0 Å². The summed E-state index contributed by atoms with van der Waals surface area (Å²) in [4.78, 5) is 14.3. The van der Waals surface area contributed by atoms with Crippen molar-refractivity contribution in [3.63, 3.8) is 0 Å². The zero-order valence-electron chi connectivity index (χ0n) is 8.52. The molecule has 0 fully saturated rings. The average molecular weight is 235 g/mol. The summed E-state index contributed by atoms with van der Waals surface area (Å²) in [5.41, 5.74) is -0.00934. The molecule has 17 heavy (non-hydrogen) atoms. The molecule has 0 aliphatic rings. The average Bonchev–Trinajstić information content (AvgIpc) is 2.30. The van der Waals surface area contributed by atoms with Gasteiger partial charge in [0, 0.05) is 11.8 Å². The van der Waals surface area contributed by atoms with Crippen LogP contribution in [0.5, 0.6) is 0 Å². The predicted molar refractivity (Wildman–Crippen MR) is 56.5 cm³/mol. The molecular weight excluding hydrogens is 228 g/mol. The van der Waals surface area contributed by atoms with E-state index in [1.165, 1.54) is 18.3 Å². The van der Waals surface area contributed by atoms with Gasteiger partial charge in [-0.1, -0.05) is 6.07 Å². The van der Waals surface area contributed by atoms with Gasteiger partial charge in [0.15, 0.2) is 0 Å². The summed E-state index contributed by atoms with van der Waals surface area (Å²) in [6, 6.07) is 4.81. The van der Waals surface area contributed by atoms with E-state index in [-0.39, 0.29) is 5.56 Å². The lowest BCUT2D eigenvalue weighted by Crippen LogP contribution is -2.00. The molecule has 5 heteroatoms. The van der Waals surface area contributed by atoms with Crippen molar-refractivity contribution >= 4 is 5.97 Å². The van der Waals surface area contributed by atoms with Crippen LogP contribution in [0.25, 0.3) is 11.1 Å². The van der Waals surface area contributed by atoms with Crippen LogP contribution >= 0.6 is 0 Å². The van der Waals surface area contributed by atoms with E-state index >= 15 is 0 Å². The molecule has 1 aromatic carbocycles. The molecular formula is C12H7F2NO2. The Morgan fingerprint density at radius 3 is 2.59 bits per heavy atom. The van der Waals surface area contributed by atoms with Crippen LogP contribution in [0, 0.1) is 11.6 Å². The minimum absolute atomic E-state index is 0.183. The van der Waals surface area contributed by atoms with E-state index in [1.54, 1.807) is 0 Å². The lowest BCUT2D eigenvalue weighted by Gasteiger charge is -2.04. The Morgan fingerprint density at radius 1 is 1.18 bits per heavy atom. The fourth-order valence-corrected chi connectivity index (χ4v) is 1.47. The van der Waals surface area contributed by atoms with Gasteiger partial charge in [0.25, 0.3) is 0 Å². The van der Waals surface area contributed by atoms with Crippen LogP contribution in [-0.4, -0.2) is 16.1 Å². The van der Waals surface area contributed by atoms with E-state index in [1.807, 2.05) is 0 Å². The summed E-state index contributed by atoms with van der Waals surface area (Å²) in [7, 11) is 0. The number of aromatic nitrogens is 1. The summed E-state index contributed by atoms with van der Waals surface area (Å²) < 4.78 is 26.6. The van der Waals surface area contributed by atoms with E-state index in [4.69, 9.17) is 5.11 Å². The number of pyridine rings is 1. The summed E-state index contributed by atoms with van der Waals surface area (Å²) in [6.45, 7) is 0. The number of benzene rings is 1. The number of hydrogen-bond donors (Lipinski definition) is 1. The SMILES string of the molecule is O=C(O)c1cc(-c2ccncc2F)ccc1F. The Kier molecular flexibility index (Phi) is 2.82. The highest BCUT2D eigenvalue weighted by molar-refractivity contribution is 5.89. The third kappa shape index (κ3) is 2.13. The second kappa shape index (κ2) is 4.29. The molecule has 1 heterocycles. The maximum atomic E-state index is 13.4. The van der Waals surface area contributed by atoms with Gasteiger partial charge in [0.2, 0.25) is 0 Å². The van der Waals surface area contributed by atoms with Crippen LogP contribution < -0.4 is 0 Å². The molecule has 0 bridgehead atoms. The second-order valence-electron chi connectivity index (χ2n) is 3.36. The van der Waals surface area contributed by atoms with Crippen molar-refractivity contribution in [3.05, 3.63) is 53.9 Å². The van der Waals surface area contributed by atoms with Gasteiger partial charge in [-0.25, -0.2) is 13.6 Å². The fourth-order valence-electron chi connectivity index (χ4n) is 1.47. The minimum atomic E-state index is -1.39. The third-order valence-corrected chi connectivity index (χ3v) is 2.28. The largest absolute Gasteiger partial charge is 0.478 e. The molecule has 2 aromatic rings. The van der Waals surface area contributed by atoms with Gasteiger partial charge in [-0.15, -0.1) is 0 Å². The van der Waals surface area contributed by atoms with Crippen molar-refractivity contribution < 1.29 is 18.7 Å². The van der Waals surface area contributed by atoms with Crippen LogP contribution in [0.3, 0.4) is 0 Å². The van der Waals surface area contributed by atoms with E-state index < -0.39 is 23.2 Å². The zero-order chi connectivity index (χ0) is 12.4. The van der Waals surface area contributed by atoms with E-state index in [2.05, 4.69) is 4.98 Å². The molecule has 0 atom stereocenters. The molecule has 0 unspecified atom stereocenters. The highest BCUT2D eigenvalue weighted by Crippen LogP contribution is 2.24. The number of carboxylic acid groups (broad SMARTS) is 1. The molecule has 0 aliphatic heterocycles. The summed E-state index contributed by atoms with van der Waals surface area (Å²) >= 11 is 0. The second-order valence-corrected chi connectivity index (χ2v) is 3.36. The van der Waals surface area contributed by atoms with E-state index in [0.29, 0.717) is 5.56 Å². The van der Waals surface area contributed by atoms with E-state index in [0.717, 1.165) is 18.3 Å². The van der Waals surface area contributed by atoms with Gasteiger partial charge in [-0.05, 0) is 23.8 Å². The molecule has 0 amide bonds. The monoisotopic (exact) mass is 235 g/mol. The van der Waals surface area contributed by atoms with Crippen LogP contribution in [0.1, 0.15) is 10.4 Å². The van der Waals surface area contributed by atoms with Gasteiger partial charge in [0.05, 0.1) is 11.8 Å². The number of nitrogens with zero attached hydrogens (tertiary/aromatic N) is 1. The zero-order valence-corrected chi connectivity index (χ0v) is 8.52. The van der Waals surface area contributed by atoms with Crippen molar-refractivity contribution in [1.29, 1.82) is 0 Å². The van der Waals surface area contributed by atoms with Crippen molar-refractivity contribution in [2.45, 2.75) is 0 Å². The molecule has 0 spiro atoms. The topological polar surface area (TPSA) is 50.2 Å². The molecule has 0 radical (unpaired) electrons. The lowest BCUT2D eigenvalue weighted by molar-refractivity contribution is 0.0692. The minimum Gasteiger partial charge on any atom is -0.478 e. The molecule has 0 aliphatic carbocycles. The number of carbonyl (C=O) groups is 1. The van der Waals surface area contributed by atoms with Crippen LogP contribution in [0.15, 0.2) is 36.7 Å². The molecule has 1 N–H and O–H groups in total. The normalized spacial score (nSPS) is 10.2. The van der Waals surface area contributed by atoms with Crippen LogP contribution in [0.2, 0.25) is 0 Å². The van der Waals surface area contributed by atoms with E-state index in [9.17, 15) is 13.6 Å². The predicted octanol–water partition coefficient (Wildman–Crippen LogP) is 2.73. The number of halogens is 2. The Hall–Kier alpha value is -2.30. The van der Waals surface area contributed by atoms with Crippen molar-refractivity contribution in [1.82, 2.24) is 4.98 Å². The Labute approximate surface area is 95.4 Å². The molecule has 0 saturated heterocycles. The Balaban J connectivity index is 2.58. The number of carboxylic acids is 1. The third-order valence-electron chi connectivity index (χ3n) is 2.28. The maximum absolute atomic E-state index is 13.4. The summed E-state index contributed by atoms with van der Waals surface area (Å²) in [5, 5.41) is 8.76. The van der Waals surface area contributed by atoms with Crippen LogP contribution in [-0.2, 0) is 0 Å². The molecule has 2 rings (SSSR count). The van der Waals surface area contributed by atoms with Crippen molar-refractivity contribution in [2.75, 3.05) is 0 Å². The summed E-state index contributed by atoms with van der Waals surface area (Å²) in [5.74, 6) is -2.83. The molecule has 86 valence electrons. The molecule has 0 saturated carbocycles. The smallest absolute Gasteiger partial charge is 0.338 e. The summed E-state index contributed by atoms with van der Waals surface area (Å²) in [6.07, 6.45) is 2.39. The first-order valence-corrected chi connectivity index (χ1v) is 4.72. The first-order valence-electron chi connectivity index (χ1n) is 4.72. The number of rotatable bonds is 2. The number of aromatic carboxylic acids is 1. The van der Waals surface area contributed by atoms with Crippen LogP contribution in [0.4, 0.5) is 8.78 Å². The first kappa shape index (κ1) is 11.2. The molecule has 3 nitrogen and oxygen atoms in total. The lowest BCUT2D eigenvalue weighted by atomic mass is 10.0. The van der Waals surface area contributed by atoms with Gasteiger partial charge < -0.3 is 5.11 Å². The highest BCUT2D eigenvalue weighted by atomic mass is 19.1. The fraction of sp³-hybridized carbons (Fsp3) is 0. The van der Waals surface area contributed by atoms with Gasteiger partial charge in [0.1, 0.15) is 11.6 Å². The van der Waals surface area contributed by atoms with Crippen molar-refractivity contribution in [3.8, 4) is 11.1 Å². The van der Waals surface area contributed by atoms with Gasteiger partial charge in [-0.3, -0.25) is 4.98 Å². The van der Waals surface area contributed by atoms with Crippen molar-refractivity contribution in [2.24, 2.45) is 0 Å². The Morgan fingerprint density at radius 2 is 1.94 bits per heavy atom.